The van der Waals surface area contributed by atoms with Crippen LogP contribution in [-0.2, 0) is 6.54 Å². The number of Topliss-reactive ketones (excluding diaryl/α,β-unsaturated/α-hetero) is 1. The molecule has 192 valence electrons. The SMILES string of the molecule is C/C=C/C(CC(C)C)N(CC)Cc1cccc(OC[Si](C)(C)c2ccc(C(=O)C(F)(F)F)cc2)c1. The van der Waals surface area contributed by atoms with Crippen molar-refractivity contribution in [1.29, 1.82) is 0 Å². The van der Waals surface area contributed by atoms with Crippen molar-refractivity contribution in [1.82, 2.24) is 4.90 Å². The summed E-state index contributed by atoms with van der Waals surface area (Å²) in [5.74, 6) is -0.426. The molecule has 0 spiro atoms. The zero-order valence-electron chi connectivity index (χ0n) is 21.7. The Kier molecular flexibility index (Phi) is 10.3. The van der Waals surface area contributed by atoms with Gasteiger partial charge in [0.1, 0.15) is 13.8 Å². The number of halogens is 3. The van der Waals surface area contributed by atoms with E-state index < -0.39 is 20.0 Å². The molecule has 0 aliphatic rings. The Morgan fingerprint density at radius 1 is 1.11 bits per heavy atom. The van der Waals surface area contributed by atoms with E-state index in [4.69, 9.17) is 4.74 Å². The van der Waals surface area contributed by atoms with E-state index in [1.165, 1.54) is 17.7 Å². The first kappa shape index (κ1) is 28.9. The molecule has 2 aromatic rings. The van der Waals surface area contributed by atoms with Gasteiger partial charge in [-0.05, 0) is 43.5 Å². The summed E-state index contributed by atoms with van der Waals surface area (Å²) in [6.45, 7) is 14.7. The normalized spacial score (nSPS) is 13.6. The lowest BCUT2D eigenvalue weighted by molar-refractivity contribution is -0.0885. The number of hydrogen-bond donors (Lipinski definition) is 0. The second-order valence-corrected chi connectivity index (χ2v) is 14.6. The smallest absolute Gasteiger partial charge is 0.454 e. The van der Waals surface area contributed by atoms with Crippen LogP contribution >= 0.6 is 0 Å². The first-order valence-electron chi connectivity index (χ1n) is 12.2. The number of carbonyl (C=O) groups excluding carboxylic acids is 1. The summed E-state index contributed by atoms with van der Waals surface area (Å²) >= 11 is 0. The van der Waals surface area contributed by atoms with Crippen molar-refractivity contribution in [2.24, 2.45) is 5.92 Å². The topological polar surface area (TPSA) is 29.5 Å². The Labute approximate surface area is 209 Å². The van der Waals surface area contributed by atoms with E-state index in [0.29, 0.717) is 18.2 Å². The van der Waals surface area contributed by atoms with Gasteiger partial charge in [-0.15, -0.1) is 0 Å². The Hall–Kier alpha value is -2.38. The Morgan fingerprint density at radius 3 is 2.31 bits per heavy atom. The van der Waals surface area contributed by atoms with Crippen LogP contribution in [-0.4, -0.2) is 43.8 Å². The maximum Gasteiger partial charge on any atom is 0.454 e. The summed E-state index contributed by atoms with van der Waals surface area (Å²) < 4.78 is 44.2. The number of nitrogens with zero attached hydrogens (tertiary/aromatic N) is 1. The van der Waals surface area contributed by atoms with Crippen LogP contribution < -0.4 is 9.92 Å². The predicted molar refractivity (Wildman–Crippen MR) is 140 cm³/mol. The predicted octanol–water partition coefficient (Wildman–Crippen LogP) is 6.78. The van der Waals surface area contributed by atoms with Gasteiger partial charge in [0.05, 0.1) is 6.23 Å². The molecule has 1 atom stereocenters. The van der Waals surface area contributed by atoms with E-state index in [2.05, 4.69) is 70.0 Å². The molecule has 3 nitrogen and oxygen atoms in total. The Balaban J connectivity index is 2.08. The molecule has 0 aromatic heterocycles. The van der Waals surface area contributed by atoms with Crippen molar-refractivity contribution < 1.29 is 22.7 Å². The van der Waals surface area contributed by atoms with Crippen molar-refractivity contribution in [3.05, 3.63) is 71.8 Å². The minimum absolute atomic E-state index is 0.339. The number of carbonyl (C=O) groups is 1. The van der Waals surface area contributed by atoms with Crippen molar-refractivity contribution in [3.63, 3.8) is 0 Å². The van der Waals surface area contributed by atoms with Crippen molar-refractivity contribution >= 4 is 19.0 Å². The third kappa shape index (κ3) is 8.65. The Bertz CT molecular complexity index is 984. The minimum atomic E-state index is -4.86. The summed E-state index contributed by atoms with van der Waals surface area (Å²) in [6.07, 6.45) is 1.10. The van der Waals surface area contributed by atoms with Crippen LogP contribution in [0.1, 0.15) is 50.0 Å². The van der Waals surface area contributed by atoms with Crippen molar-refractivity contribution in [3.8, 4) is 5.75 Å². The fourth-order valence-corrected chi connectivity index (χ4v) is 5.83. The second kappa shape index (κ2) is 12.5. The summed E-state index contributed by atoms with van der Waals surface area (Å²) in [6, 6.07) is 14.3. The van der Waals surface area contributed by atoms with Gasteiger partial charge in [0.2, 0.25) is 0 Å². The van der Waals surface area contributed by atoms with E-state index in [9.17, 15) is 18.0 Å². The number of alkyl halides is 3. The number of ketones is 1. The van der Waals surface area contributed by atoms with Gasteiger partial charge in [-0.3, -0.25) is 9.69 Å². The van der Waals surface area contributed by atoms with Crippen molar-refractivity contribution in [2.75, 3.05) is 12.8 Å². The molecule has 7 heteroatoms. The fourth-order valence-electron chi connectivity index (χ4n) is 4.07. The molecule has 0 radical (unpaired) electrons. The quantitative estimate of drug-likeness (QED) is 0.181. The van der Waals surface area contributed by atoms with E-state index in [-0.39, 0.29) is 5.56 Å². The molecule has 2 aromatic carbocycles. The van der Waals surface area contributed by atoms with E-state index >= 15 is 0 Å². The monoisotopic (exact) mass is 505 g/mol. The van der Waals surface area contributed by atoms with Crippen LogP contribution in [0.4, 0.5) is 13.2 Å². The number of likely N-dealkylation sites (N-methyl/N-ethyl adjacent to an activating group) is 1. The molecule has 0 bridgehead atoms. The van der Waals surface area contributed by atoms with Gasteiger partial charge in [0.15, 0.2) is 0 Å². The molecular formula is C28H38F3NO2Si. The van der Waals surface area contributed by atoms with Crippen LogP contribution in [0.2, 0.25) is 13.1 Å². The summed E-state index contributed by atoms with van der Waals surface area (Å²) in [5.41, 5.74) is 0.839. The van der Waals surface area contributed by atoms with Gasteiger partial charge in [-0.1, -0.05) is 87.6 Å². The molecule has 0 aliphatic carbocycles. The van der Waals surface area contributed by atoms with Gasteiger partial charge < -0.3 is 4.74 Å². The second-order valence-electron chi connectivity index (χ2n) is 10.0. The molecule has 0 saturated heterocycles. The highest BCUT2D eigenvalue weighted by molar-refractivity contribution is 6.89. The molecular weight excluding hydrogens is 467 g/mol. The van der Waals surface area contributed by atoms with Gasteiger partial charge in [0.25, 0.3) is 5.78 Å². The zero-order valence-corrected chi connectivity index (χ0v) is 22.7. The highest BCUT2D eigenvalue weighted by atomic mass is 28.3. The molecule has 0 heterocycles. The standard InChI is InChI=1S/C28H38F3NO2Si/c1-7-10-24(17-21(3)4)32(8-2)19-22-11-9-12-25(18-22)34-20-35(5,6)26-15-13-23(14-16-26)27(33)28(29,30)31/h7,9-16,18,21,24H,8,17,19-20H2,1-6H3/b10-7+. The lowest BCUT2D eigenvalue weighted by Gasteiger charge is -2.30. The van der Waals surface area contributed by atoms with Crippen LogP contribution in [0.3, 0.4) is 0 Å². The summed E-state index contributed by atoms with van der Waals surface area (Å²) in [4.78, 5) is 13.9. The van der Waals surface area contributed by atoms with Gasteiger partial charge in [0, 0.05) is 18.2 Å². The maximum absolute atomic E-state index is 12.7. The van der Waals surface area contributed by atoms with Crippen LogP contribution in [0, 0.1) is 5.92 Å². The van der Waals surface area contributed by atoms with Gasteiger partial charge in [-0.2, -0.15) is 13.2 Å². The number of rotatable bonds is 12. The molecule has 1 unspecified atom stereocenters. The maximum atomic E-state index is 12.7. The zero-order chi connectivity index (χ0) is 26.2. The molecule has 35 heavy (non-hydrogen) atoms. The van der Waals surface area contributed by atoms with Crippen LogP contribution in [0.5, 0.6) is 5.75 Å². The number of allylic oxidation sites excluding steroid dienone is 1. The molecule has 2 rings (SSSR count). The van der Waals surface area contributed by atoms with Gasteiger partial charge >= 0.3 is 6.18 Å². The molecule has 0 amide bonds. The first-order chi connectivity index (χ1) is 16.4. The third-order valence-corrected chi connectivity index (χ3v) is 8.83. The summed E-state index contributed by atoms with van der Waals surface area (Å²) in [7, 11) is -2.10. The highest BCUT2D eigenvalue weighted by Crippen LogP contribution is 2.22. The number of ether oxygens (including phenoxy) is 1. The van der Waals surface area contributed by atoms with E-state index in [1.807, 2.05) is 12.1 Å². The molecule has 0 aliphatic heterocycles. The fraction of sp³-hybridized carbons (Fsp3) is 0.464. The van der Waals surface area contributed by atoms with E-state index in [0.717, 1.165) is 30.4 Å². The minimum Gasteiger partial charge on any atom is -0.497 e. The van der Waals surface area contributed by atoms with Crippen LogP contribution in [0.25, 0.3) is 0 Å². The molecule has 0 fully saturated rings. The number of benzene rings is 2. The lowest BCUT2D eigenvalue weighted by Crippen LogP contribution is -2.47. The lowest BCUT2D eigenvalue weighted by atomic mass is 10.0. The molecule has 0 saturated carbocycles. The highest BCUT2D eigenvalue weighted by Gasteiger charge is 2.39. The first-order valence-corrected chi connectivity index (χ1v) is 15.4. The largest absolute Gasteiger partial charge is 0.497 e. The third-order valence-electron chi connectivity index (χ3n) is 6.07. The van der Waals surface area contributed by atoms with E-state index in [1.54, 1.807) is 12.1 Å². The van der Waals surface area contributed by atoms with Gasteiger partial charge in [-0.25, -0.2) is 0 Å². The average molecular weight is 506 g/mol. The summed E-state index contributed by atoms with van der Waals surface area (Å²) in [5, 5.41) is 0.937. The van der Waals surface area contributed by atoms with Crippen molar-refractivity contribution in [2.45, 2.75) is 66.0 Å². The van der Waals surface area contributed by atoms with Crippen LogP contribution in [0.15, 0.2) is 60.7 Å². The average Bonchev–Trinajstić information content (AvgIpc) is 2.80. The molecule has 0 N–H and O–H groups in total. The number of hydrogen-bond acceptors (Lipinski definition) is 3. The Morgan fingerprint density at radius 2 is 1.77 bits per heavy atom.